The van der Waals surface area contributed by atoms with Gasteiger partial charge in [0.05, 0.1) is 10.6 Å². The molecule has 0 aliphatic carbocycles. The second-order valence-corrected chi connectivity index (χ2v) is 7.15. The summed E-state index contributed by atoms with van der Waals surface area (Å²) in [6, 6.07) is 4.48. The first-order chi connectivity index (χ1) is 11.6. The summed E-state index contributed by atoms with van der Waals surface area (Å²) in [4.78, 5) is 25.9. The summed E-state index contributed by atoms with van der Waals surface area (Å²) in [7, 11) is -3.81. The van der Waals surface area contributed by atoms with E-state index in [1.807, 2.05) is 0 Å². The Morgan fingerprint density at radius 3 is 2.52 bits per heavy atom. The molecule has 0 saturated heterocycles. The van der Waals surface area contributed by atoms with Gasteiger partial charge < -0.3 is 16.2 Å². The number of aromatic amines is 1. The maximum Gasteiger partial charge on any atom is 0.281 e. The normalized spacial score (nSPS) is 11.0. The molecule has 2 aromatic rings. The zero-order valence-corrected chi connectivity index (χ0v) is 14.3. The number of amides is 1. The van der Waals surface area contributed by atoms with Gasteiger partial charge in [0.2, 0.25) is 5.88 Å². The lowest BCUT2D eigenvalue weighted by molar-refractivity contribution is 0.100. The van der Waals surface area contributed by atoms with Crippen LogP contribution < -0.4 is 21.8 Å². The lowest BCUT2D eigenvalue weighted by Crippen LogP contribution is -2.24. The predicted molar refractivity (Wildman–Crippen MR) is 89.6 cm³/mol. The monoisotopic (exact) mass is 385 g/mol. The van der Waals surface area contributed by atoms with E-state index in [-0.39, 0.29) is 27.1 Å². The van der Waals surface area contributed by atoms with Gasteiger partial charge in [0.25, 0.3) is 11.5 Å². The van der Waals surface area contributed by atoms with Gasteiger partial charge in [-0.25, -0.2) is 13.5 Å². The fourth-order valence-electron chi connectivity index (χ4n) is 1.75. The first kappa shape index (κ1) is 18.4. The third-order valence-corrected chi connectivity index (χ3v) is 4.19. The number of carbonyl (C=O) groups is 1. The largest absolute Gasteiger partial charge is 0.436 e. The van der Waals surface area contributed by atoms with Gasteiger partial charge in [-0.2, -0.15) is 4.99 Å². The molecule has 0 spiro atoms. The molecule has 132 valence electrons. The van der Waals surface area contributed by atoms with Crippen LogP contribution in [0.15, 0.2) is 38.9 Å². The van der Waals surface area contributed by atoms with Crippen molar-refractivity contribution >= 4 is 33.3 Å². The van der Waals surface area contributed by atoms with Crippen molar-refractivity contribution in [2.75, 3.05) is 6.26 Å². The number of nitrogens with two attached hydrogens (primary N) is 2. The van der Waals surface area contributed by atoms with Gasteiger partial charge in [-0.05, 0) is 6.07 Å². The molecular weight excluding hydrogens is 374 g/mol. The van der Waals surface area contributed by atoms with E-state index in [0.717, 1.165) is 24.5 Å². The Kier molecular flexibility index (Phi) is 5.09. The Morgan fingerprint density at radius 2 is 2.00 bits per heavy atom. The van der Waals surface area contributed by atoms with Gasteiger partial charge in [0, 0.05) is 24.5 Å². The van der Waals surface area contributed by atoms with Crippen LogP contribution in [0.3, 0.4) is 0 Å². The smallest absolute Gasteiger partial charge is 0.281 e. The van der Waals surface area contributed by atoms with Crippen molar-refractivity contribution < 1.29 is 17.9 Å². The summed E-state index contributed by atoms with van der Waals surface area (Å²) in [5.41, 5.74) is 9.57. The van der Waals surface area contributed by atoms with Gasteiger partial charge in [-0.15, -0.1) is 5.10 Å². The first-order valence-electron chi connectivity index (χ1n) is 6.49. The van der Waals surface area contributed by atoms with Gasteiger partial charge in [-0.1, -0.05) is 11.6 Å². The highest BCUT2D eigenvalue weighted by molar-refractivity contribution is 7.90. The van der Waals surface area contributed by atoms with Crippen LogP contribution in [0, 0.1) is 0 Å². The van der Waals surface area contributed by atoms with Gasteiger partial charge in [0.1, 0.15) is 10.6 Å². The number of carbonyl (C=O) groups excluding carboxylic acids is 1. The molecule has 1 aromatic heterocycles. The predicted octanol–water partition coefficient (Wildman–Crippen LogP) is 0.0327. The Balaban J connectivity index is 2.58. The SMILES string of the molecule is CS(=O)(=O)c1cc(C(=O)N=C(N)N)c(Cl)cc1Oc1ccc(=O)[nH]n1. The quantitative estimate of drug-likeness (QED) is 0.488. The van der Waals surface area contributed by atoms with Crippen molar-refractivity contribution in [3.63, 3.8) is 0 Å². The molecule has 10 nitrogen and oxygen atoms in total. The van der Waals surface area contributed by atoms with E-state index in [9.17, 15) is 18.0 Å². The first-order valence-corrected chi connectivity index (χ1v) is 8.76. The number of sulfone groups is 1. The molecular formula is C13H12ClN5O5S. The molecule has 1 aromatic carbocycles. The number of hydrogen-bond donors (Lipinski definition) is 3. The Labute approximate surface area is 146 Å². The molecule has 0 saturated carbocycles. The average molecular weight is 386 g/mol. The van der Waals surface area contributed by atoms with E-state index < -0.39 is 27.3 Å². The third kappa shape index (κ3) is 4.55. The maximum absolute atomic E-state index is 12.0. The number of benzene rings is 1. The number of halogens is 1. The minimum Gasteiger partial charge on any atom is -0.436 e. The van der Waals surface area contributed by atoms with Crippen LogP contribution in [0.2, 0.25) is 5.02 Å². The molecule has 0 atom stereocenters. The third-order valence-electron chi connectivity index (χ3n) is 2.76. The number of hydrogen-bond acceptors (Lipinski definition) is 6. The van der Waals surface area contributed by atoms with E-state index in [1.54, 1.807) is 0 Å². The van der Waals surface area contributed by atoms with Crippen molar-refractivity contribution in [1.29, 1.82) is 0 Å². The number of guanidine groups is 1. The van der Waals surface area contributed by atoms with E-state index in [0.29, 0.717) is 0 Å². The highest BCUT2D eigenvalue weighted by Crippen LogP contribution is 2.33. The number of ether oxygens (including phenoxy) is 1. The van der Waals surface area contributed by atoms with Crippen molar-refractivity contribution in [2.24, 2.45) is 16.5 Å². The zero-order valence-electron chi connectivity index (χ0n) is 12.7. The van der Waals surface area contributed by atoms with Crippen LogP contribution in [0.5, 0.6) is 11.6 Å². The topological polar surface area (TPSA) is 171 Å². The Morgan fingerprint density at radius 1 is 1.32 bits per heavy atom. The number of H-pyrrole nitrogens is 1. The molecule has 0 unspecified atom stereocenters. The molecule has 0 bridgehead atoms. The molecule has 1 heterocycles. The highest BCUT2D eigenvalue weighted by atomic mass is 35.5. The molecule has 0 aliphatic rings. The van der Waals surface area contributed by atoms with Gasteiger partial charge in [0.15, 0.2) is 15.8 Å². The minimum atomic E-state index is -3.81. The summed E-state index contributed by atoms with van der Waals surface area (Å²) in [5.74, 6) is -1.68. The van der Waals surface area contributed by atoms with Crippen LogP contribution in [-0.2, 0) is 9.84 Å². The number of aliphatic imine (C=N–C) groups is 1. The van der Waals surface area contributed by atoms with Crippen LogP contribution >= 0.6 is 11.6 Å². The maximum atomic E-state index is 12.0. The van der Waals surface area contributed by atoms with Crippen molar-refractivity contribution in [2.45, 2.75) is 4.90 Å². The molecule has 12 heteroatoms. The molecule has 2 rings (SSSR count). The molecule has 1 amide bonds. The van der Waals surface area contributed by atoms with Crippen LogP contribution in [-0.4, -0.2) is 36.7 Å². The summed E-state index contributed by atoms with van der Waals surface area (Å²) in [6.45, 7) is 0. The molecule has 0 fully saturated rings. The second-order valence-electron chi connectivity index (χ2n) is 4.75. The summed E-state index contributed by atoms with van der Waals surface area (Å²) >= 11 is 6.00. The van der Waals surface area contributed by atoms with Crippen molar-refractivity contribution in [3.8, 4) is 11.6 Å². The fourth-order valence-corrected chi connectivity index (χ4v) is 2.78. The number of aromatic nitrogens is 2. The lowest BCUT2D eigenvalue weighted by Gasteiger charge is -2.11. The lowest BCUT2D eigenvalue weighted by atomic mass is 10.2. The highest BCUT2D eigenvalue weighted by Gasteiger charge is 2.22. The van der Waals surface area contributed by atoms with E-state index in [4.69, 9.17) is 27.8 Å². The molecule has 0 radical (unpaired) electrons. The van der Waals surface area contributed by atoms with Crippen LogP contribution in [0.1, 0.15) is 10.4 Å². The molecule has 25 heavy (non-hydrogen) atoms. The fraction of sp³-hybridized carbons (Fsp3) is 0.0769. The summed E-state index contributed by atoms with van der Waals surface area (Å²) in [6.07, 6.45) is 0.915. The number of nitrogens with zero attached hydrogens (tertiary/aromatic N) is 2. The van der Waals surface area contributed by atoms with Crippen molar-refractivity contribution in [1.82, 2.24) is 10.2 Å². The van der Waals surface area contributed by atoms with E-state index in [1.165, 1.54) is 6.07 Å². The van der Waals surface area contributed by atoms with Crippen LogP contribution in [0.25, 0.3) is 0 Å². The summed E-state index contributed by atoms with van der Waals surface area (Å²) < 4.78 is 29.4. The number of nitrogens with one attached hydrogen (secondary N) is 1. The van der Waals surface area contributed by atoms with Gasteiger partial charge >= 0.3 is 0 Å². The van der Waals surface area contributed by atoms with E-state index >= 15 is 0 Å². The molecule has 0 aliphatic heterocycles. The zero-order chi connectivity index (χ0) is 18.8. The average Bonchev–Trinajstić information content (AvgIpc) is 2.47. The Hall–Kier alpha value is -2.92. The summed E-state index contributed by atoms with van der Waals surface area (Å²) in [5, 5.41) is 5.60. The number of rotatable bonds is 4. The van der Waals surface area contributed by atoms with Crippen molar-refractivity contribution in [3.05, 3.63) is 45.2 Å². The van der Waals surface area contributed by atoms with Crippen LogP contribution in [0.4, 0.5) is 0 Å². The second kappa shape index (κ2) is 6.91. The Bertz CT molecular complexity index is 1010. The standard InChI is InChI=1S/C13H12ClN5O5S/c1-25(22,23)9-4-6(12(21)17-13(15)16)7(14)5-8(9)24-11-3-2-10(20)18-19-11/h2-5H,1H3,(H,18,20)(H4,15,16,17,21). The minimum absolute atomic E-state index is 0.0798. The van der Waals surface area contributed by atoms with E-state index in [2.05, 4.69) is 15.2 Å². The molecule has 5 N–H and O–H groups in total. The van der Waals surface area contributed by atoms with Gasteiger partial charge in [-0.3, -0.25) is 9.59 Å².